The van der Waals surface area contributed by atoms with Crippen molar-refractivity contribution in [3.63, 3.8) is 0 Å². The summed E-state index contributed by atoms with van der Waals surface area (Å²) in [5.74, 6) is -0.441. The first kappa shape index (κ1) is 39.1. The highest BCUT2D eigenvalue weighted by molar-refractivity contribution is 5.82. The molecule has 0 aromatic heterocycles. The monoisotopic (exact) mass is 737 g/mol. The molecule has 5 aliphatic carbocycles. The first-order valence-corrected chi connectivity index (χ1v) is 20.4. The van der Waals surface area contributed by atoms with E-state index in [1.165, 1.54) is 0 Å². The number of nitrogens with one attached hydrogen (secondary N) is 1. The van der Waals surface area contributed by atoms with E-state index in [0.717, 1.165) is 50.5 Å². The molecule has 3 unspecified atom stereocenters. The normalized spacial score (nSPS) is 44.8. The van der Waals surface area contributed by atoms with Crippen LogP contribution in [0, 0.1) is 44.8 Å². The van der Waals surface area contributed by atoms with Crippen LogP contribution in [0.15, 0.2) is 30.3 Å². The molecule has 1 saturated heterocycles. The smallest absolute Gasteiger partial charge is 0.408 e. The van der Waals surface area contributed by atoms with E-state index in [1.807, 2.05) is 44.2 Å². The van der Waals surface area contributed by atoms with Gasteiger partial charge in [0, 0.05) is 18.3 Å². The Morgan fingerprint density at radius 3 is 2.21 bits per heavy atom. The number of carbonyl (C=O) groups is 2. The number of fused-ring (bicyclic) bond motifs is 2. The summed E-state index contributed by atoms with van der Waals surface area (Å²) in [7, 11) is 0. The van der Waals surface area contributed by atoms with E-state index in [2.05, 4.69) is 39.9 Å². The van der Waals surface area contributed by atoms with E-state index in [1.54, 1.807) is 20.8 Å². The lowest BCUT2D eigenvalue weighted by molar-refractivity contribution is -0.221. The van der Waals surface area contributed by atoms with Gasteiger partial charge in [0.25, 0.3) is 0 Å². The molecule has 0 radical (unpaired) electrons. The van der Waals surface area contributed by atoms with Crippen LogP contribution in [0.3, 0.4) is 0 Å². The number of aliphatic hydroxyl groups excluding tert-OH is 2. The van der Waals surface area contributed by atoms with Crippen LogP contribution in [0.2, 0.25) is 0 Å². The average molecular weight is 738 g/mol. The van der Waals surface area contributed by atoms with Gasteiger partial charge in [0.05, 0.1) is 29.5 Å². The molecule has 4 N–H and O–H groups in total. The minimum atomic E-state index is -0.965. The molecule has 296 valence electrons. The second-order valence-electron chi connectivity index (χ2n) is 21.2. The SMILES string of the molecule is CC(C)(C)OC(=O)NC(Cc1ccccc1)C(=O)O[C@H]1CC2C3(CC[C@]4(C)[C@@H]([C@@]5(C)CC[C@@H](C(C)(C)O)O5)[C@@H](O)C[C@@]24C)C[C@@]32CC[C@H](O)C(C)(C)[C@H]12. The molecule has 53 heavy (non-hydrogen) atoms. The molecule has 1 heterocycles. The third-order valence-electron chi connectivity index (χ3n) is 16.3. The number of carbonyl (C=O) groups excluding carboxylic acids is 2. The second kappa shape index (κ2) is 12.4. The molecule has 6 aliphatic rings. The largest absolute Gasteiger partial charge is 0.460 e. The molecule has 0 bridgehead atoms. The lowest BCUT2D eigenvalue weighted by Gasteiger charge is -2.64. The maximum absolute atomic E-state index is 14.5. The van der Waals surface area contributed by atoms with Crippen molar-refractivity contribution in [1.29, 1.82) is 0 Å². The third-order valence-corrected chi connectivity index (χ3v) is 16.3. The summed E-state index contributed by atoms with van der Waals surface area (Å²) in [6.45, 7) is 20.2. The fourth-order valence-corrected chi connectivity index (χ4v) is 13.9. The van der Waals surface area contributed by atoms with Gasteiger partial charge < -0.3 is 34.8 Å². The van der Waals surface area contributed by atoms with E-state index in [4.69, 9.17) is 14.2 Å². The summed E-state index contributed by atoms with van der Waals surface area (Å²) in [5, 5.41) is 37.5. The third kappa shape index (κ3) is 5.99. The first-order chi connectivity index (χ1) is 24.4. The zero-order valence-electron chi connectivity index (χ0n) is 34.0. The van der Waals surface area contributed by atoms with Crippen molar-refractivity contribution in [1.82, 2.24) is 5.32 Å². The van der Waals surface area contributed by atoms with Crippen LogP contribution in [0.5, 0.6) is 0 Å². The number of alkyl carbamates (subject to hydrolysis) is 1. The molecule has 1 aromatic rings. The summed E-state index contributed by atoms with van der Waals surface area (Å²) < 4.78 is 19.1. The Hall–Kier alpha value is -2.20. The summed E-state index contributed by atoms with van der Waals surface area (Å²) >= 11 is 0. The van der Waals surface area contributed by atoms with Gasteiger partial charge in [0.2, 0.25) is 0 Å². The van der Waals surface area contributed by atoms with Crippen molar-refractivity contribution in [2.45, 2.75) is 181 Å². The molecule has 9 heteroatoms. The van der Waals surface area contributed by atoms with Crippen molar-refractivity contribution in [2.75, 3.05) is 0 Å². The van der Waals surface area contributed by atoms with E-state index >= 15 is 0 Å². The summed E-state index contributed by atoms with van der Waals surface area (Å²) in [6.07, 6.45) is 5.28. The number of benzene rings is 1. The average Bonchev–Trinajstić information content (AvgIpc) is 3.40. The van der Waals surface area contributed by atoms with E-state index in [9.17, 15) is 24.9 Å². The van der Waals surface area contributed by atoms with Crippen molar-refractivity contribution < 1.29 is 39.1 Å². The van der Waals surface area contributed by atoms with Gasteiger partial charge in [-0.3, -0.25) is 0 Å². The molecule has 2 spiro atoms. The van der Waals surface area contributed by atoms with Crippen molar-refractivity contribution in [3.8, 4) is 0 Å². The van der Waals surface area contributed by atoms with Crippen molar-refractivity contribution >= 4 is 12.1 Å². The van der Waals surface area contributed by atoms with Crippen LogP contribution >= 0.6 is 0 Å². The van der Waals surface area contributed by atoms with Crippen LogP contribution in [-0.2, 0) is 25.4 Å². The fraction of sp³-hybridized carbons (Fsp3) is 0.818. The van der Waals surface area contributed by atoms with E-state index in [0.29, 0.717) is 12.8 Å². The molecule has 5 saturated carbocycles. The quantitative estimate of drug-likeness (QED) is 0.218. The van der Waals surface area contributed by atoms with Gasteiger partial charge in [-0.1, -0.05) is 58.0 Å². The Labute approximate surface area is 317 Å². The second-order valence-corrected chi connectivity index (χ2v) is 21.2. The summed E-state index contributed by atoms with van der Waals surface area (Å²) in [5.41, 5.74) is -2.38. The summed E-state index contributed by atoms with van der Waals surface area (Å²) in [4.78, 5) is 27.7. The number of hydrogen-bond acceptors (Lipinski definition) is 8. The van der Waals surface area contributed by atoms with Crippen LogP contribution in [0.4, 0.5) is 4.79 Å². The Morgan fingerprint density at radius 2 is 1.58 bits per heavy atom. The van der Waals surface area contributed by atoms with Crippen molar-refractivity contribution in [2.24, 2.45) is 44.8 Å². The van der Waals surface area contributed by atoms with Gasteiger partial charge in [0.1, 0.15) is 17.7 Å². The molecule has 9 nitrogen and oxygen atoms in total. The highest BCUT2D eigenvalue weighted by Gasteiger charge is 2.85. The number of rotatable bonds is 7. The highest BCUT2D eigenvalue weighted by Crippen LogP contribution is 2.89. The number of ether oxygens (including phenoxy) is 3. The van der Waals surface area contributed by atoms with Gasteiger partial charge in [-0.25, -0.2) is 9.59 Å². The van der Waals surface area contributed by atoms with Crippen LogP contribution in [0.1, 0.15) is 133 Å². The molecular weight excluding hydrogens is 670 g/mol. The fourth-order valence-electron chi connectivity index (χ4n) is 13.9. The van der Waals surface area contributed by atoms with E-state index < -0.39 is 58.6 Å². The molecule has 6 fully saturated rings. The summed E-state index contributed by atoms with van der Waals surface area (Å²) in [6, 6.07) is 8.68. The number of aliphatic hydroxyl groups is 3. The maximum atomic E-state index is 14.5. The minimum absolute atomic E-state index is 0.0452. The highest BCUT2D eigenvalue weighted by atomic mass is 16.6. The minimum Gasteiger partial charge on any atom is -0.460 e. The van der Waals surface area contributed by atoms with Gasteiger partial charge in [-0.2, -0.15) is 0 Å². The Kier molecular flexibility index (Phi) is 9.14. The van der Waals surface area contributed by atoms with Crippen molar-refractivity contribution in [3.05, 3.63) is 35.9 Å². The zero-order valence-corrected chi connectivity index (χ0v) is 34.0. The Bertz CT molecular complexity index is 1580. The van der Waals surface area contributed by atoms with E-state index in [-0.39, 0.29) is 51.9 Å². The molecule has 7 rings (SSSR count). The Balaban J connectivity index is 1.23. The molecule has 13 atom stereocenters. The predicted molar refractivity (Wildman–Crippen MR) is 202 cm³/mol. The molecule has 1 aliphatic heterocycles. The lowest BCUT2D eigenvalue weighted by Crippen LogP contribution is -2.63. The van der Waals surface area contributed by atoms with Gasteiger partial charge in [-0.15, -0.1) is 0 Å². The molecular formula is C44H67NO8. The van der Waals surface area contributed by atoms with Crippen LogP contribution in [-0.4, -0.2) is 74.6 Å². The Morgan fingerprint density at radius 1 is 0.906 bits per heavy atom. The lowest BCUT2D eigenvalue weighted by atomic mass is 9.41. The topological polar surface area (TPSA) is 135 Å². The van der Waals surface area contributed by atoms with Gasteiger partial charge in [0.15, 0.2) is 0 Å². The molecule has 1 aromatic carbocycles. The van der Waals surface area contributed by atoms with Gasteiger partial charge >= 0.3 is 12.1 Å². The number of hydrogen-bond donors (Lipinski definition) is 4. The first-order valence-electron chi connectivity index (χ1n) is 20.4. The predicted octanol–water partition coefficient (Wildman–Crippen LogP) is 7.12. The number of esters is 1. The molecule has 1 amide bonds. The van der Waals surface area contributed by atoms with Gasteiger partial charge in [-0.05, 0) is 138 Å². The maximum Gasteiger partial charge on any atom is 0.408 e. The number of amides is 1. The van der Waals surface area contributed by atoms with Crippen LogP contribution in [0.25, 0.3) is 0 Å². The standard InChI is InChI=1S/C44H67NO8/c1-37(2,3)53-36(49)45-27(22-26-14-12-11-13-15-26)35(48)51-29-23-30-41(9)24-28(46)33(42(10)18-17-32(52-42)39(6,7)50)40(41,8)20-21-43(30)25-44(43)19-16-31(47)38(4,5)34(29)44/h11-15,27-34,46-47,50H,16-25H2,1-10H3,(H,45,49)/t27?,28-,29-,30?,31-,32-,33-,34-,40+,41-,42+,43?,44+/m0/s1. The zero-order chi connectivity index (χ0) is 38.8. The van der Waals surface area contributed by atoms with Crippen LogP contribution < -0.4 is 5.32 Å².